The number of oxime groups is 1. The third-order valence-corrected chi connectivity index (χ3v) is 12.6. The van der Waals surface area contributed by atoms with Crippen LogP contribution in [0.1, 0.15) is 52.7 Å². The molecule has 4 rings (SSSR count). The molecule has 1 N–H and O–H groups in total. The molecule has 0 bridgehead atoms. The van der Waals surface area contributed by atoms with Gasteiger partial charge in [-0.15, -0.1) is 0 Å². The van der Waals surface area contributed by atoms with Crippen molar-refractivity contribution in [3.8, 4) is 0 Å². The van der Waals surface area contributed by atoms with Crippen LogP contribution in [-0.4, -0.2) is 57.0 Å². The van der Waals surface area contributed by atoms with Crippen molar-refractivity contribution < 1.29 is 32.7 Å². The molecule has 1 saturated heterocycles. The van der Waals surface area contributed by atoms with Gasteiger partial charge in [-0.25, -0.2) is 13.6 Å². The Morgan fingerprint density at radius 1 is 1.00 bits per heavy atom. The van der Waals surface area contributed by atoms with E-state index in [1.54, 1.807) is 11.8 Å². The van der Waals surface area contributed by atoms with Gasteiger partial charge in [0.25, 0.3) is 8.32 Å². The molecule has 230 valence electrons. The van der Waals surface area contributed by atoms with Crippen molar-refractivity contribution in [2.24, 2.45) is 5.16 Å². The molecule has 1 fully saturated rings. The van der Waals surface area contributed by atoms with Crippen LogP contribution >= 0.6 is 0 Å². The number of rotatable bonds is 10. The third kappa shape index (κ3) is 6.66. The van der Waals surface area contributed by atoms with Crippen LogP contribution in [0.15, 0.2) is 71.9 Å². The fraction of sp³-hybridized carbons (Fsp3) is 0.394. The lowest BCUT2D eigenvalue weighted by Gasteiger charge is -2.43. The SMILES string of the molecule is CCON=C(C(=O)O)c1cc(CO[Si](c2ccccc2)(c2ccccc2)C(C)(C)C)c(N2C[C@@H](C)O[C@H](C)C2)c(F)c1F. The van der Waals surface area contributed by atoms with Gasteiger partial charge in [0.15, 0.2) is 17.3 Å². The summed E-state index contributed by atoms with van der Waals surface area (Å²) in [6.07, 6.45) is -0.462. The van der Waals surface area contributed by atoms with Crippen LogP contribution in [-0.2, 0) is 25.4 Å². The molecule has 0 saturated carbocycles. The van der Waals surface area contributed by atoms with Crippen molar-refractivity contribution in [2.45, 2.75) is 65.4 Å². The minimum Gasteiger partial charge on any atom is -0.476 e. The highest BCUT2D eigenvalue weighted by Crippen LogP contribution is 2.39. The molecule has 0 aliphatic carbocycles. The molecule has 0 unspecified atom stereocenters. The van der Waals surface area contributed by atoms with Crippen LogP contribution in [0.4, 0.5) is 14.5 Å². The summed E-state index contributed by atoms with van der Waals surface area (Å²) >= 11 is 0. The van der Waals surface area contributed by atoms with E-state index in [-0.39, 0.29) is 36.1 Å². The first-order valence-corrected chi connectivity index (χ1v) is 16.4. The highest BCUT2D eigenvalue weighted by Gasteiger charge is 2.50. The third-order valence-electron chi connectivity index (χ3n) is 7.60. The molecule has 0 aromatic heterocycles. The minimum atomic E-state index is -3.08. The van der Waals surface area contributed by atoms with E-state index in [0.717, 1.165) is 10.4 Å². The summed E-state index contributed by atoms with van der Waals surface area (Å²) in [5.74, 6) is -4.01. The molecule has 2 atom stereocenters. The van der Waals surface area contributed by atoms with Gasteiger partial charge >= 0.3 is 5.97 Å². The zero-order valence-corrected chi connectivity index (χ0v) is 26.6. The molecular weight excluding hydrogens is 570 g/mol. The van der Waals surface area contributed by atoms with E-state index in [1.807, 2.05) is 74.5 Å². The van der Waals surface area contributed by atoms with E-state index in [0.29, 0.717) is 18.7 Å². The number of ether oxygens (including phenoxy) is 1. The lowest BCUT2D eigenvalue weighted by atomic mass is 10.0. The molecule has 10 heteroatoms. The Balaban J connectivity index is 1.94. The fourth-order valence-corrected chi connectivity index (χ4v) is 10.5. The van der Waals surface area contributed by atoms with Crippen LogP contribution in [0.25, 0.3) is 0 Å². The summed E-state index contributed by atoms with van der Waals surface area (Å²) in [5.41, 5.74) is -0.881. The van der Waals surface area contributed by atoms with Gasteiger partial charge in [-0.1, -0.05) is 86.6 Å². The number of anilines is 1. The number of hydrogen-bond donors (Lipinski definition) is 1. The summed E-state index contributed by atoms with van der Waals surface area (Å²) < 4.78 is 44.9. The van der Waals surface area contributed by atoms with Crippen LogP contribution in [0.2, 0.25) is 5.04 Å². The first kappa shape index (κ1) is 32.3. The van der Waals surface area contributed by atoms with Crippen LogP contribution < -0.4 is 15.3 Å². The second kappa shape index (κ2) is 13.4. The summed E-state index contributed by atoms with van der Waals surface area (Å²) in [6.45, 7) is 12.4. The Morgan fingerprint density at radius 3 is 2.00 bits per heavy atom. The van der Waals surface area contributed by atoms with E-state index in [1.165, 1.54) is 6.07 Å². The van der Waals surface area contributed by atoms with E-state index < -0.39 is 37.2 Å². The number of hydrogen-bond acceptors (Lipinski definition) is 6. The molecular formula is C33H40F2N2O5Si. The predicted molar refractivity (Wildman–Crippen MR) is 167 cm³/mol. The smallest absolute Gasteiger partial charge is 0.358 e. The van der Waals surface area contributed by atoms with Crippen LogP contribution in [0, 0.1) is 11.6 Å². The summed E-state index contributed by atoms with van der Waals surface area (Å²) in [5, 5.41) is 15.1. The number of carboxylic acid groups (broad SMARTS) is 1. The normalized spacial score (nSPS) is 18.0. The van der Waals surface area contributed by atoms with Crippen molar-refractivity contribution in [3.63, 3.8) is 0 Å². The summed E-state index contributed by atoms with van der Waals surface area (Å²) in [6, 6.07) is 21.3. The Hall–Kier alpha value is -3.60. The average Bonchev–Trinajstić information content (AvgIpc) is 2.95. The first-order valence-electron chi connectivity index (χ1n) is 14.5. The van der Waals surface area contributed by atoms with Gasteiger partial charge in [0.1, 0.15) is 6.61 Å². The Kier molecular flexibility index (Phi) is 10.0. The van der Waals surface area contributed by atoms with Gasteiger partial charge in [-0.05, 0) is 42.2 Å². The number of aliphatic carboxylic acids is 1. The predicted octanol–water partition coefficient (Wildman–Crippen LogP) is 5.48. The molecule has 7 nitrogen and oxygen atoms in total. The number of benzene rings is 3. The number of carbonyl (C=O) groups is 1. The van der Waals surface area contributed by atoms with E-state index in [4.69, 9.17) is 14.0 Å². The molecule has 0 radical (unpaired) electrons. The average molecular weight is 611 g/mol. The molecule has 3 aromatic carbocycles. The summed E-state index contributed by atoms with van der Waals surface area (Å²) in [7, 11) is -3.08. The van der Waals surface area contributed by atoms with Crippen molar-refractivity contribution in [1.82, 2.24) is 0 Å². The molecule has 3 aromatic rings. The lowest BCUT2D eigenvalue weighted by Crippen LogP contribution is -2.66. The number of halogens is 2. The van der Waals surface area contributed by atoms with E-state index in [2.05, 4.69) is 25.9 Å². The standard InChI is InChI=1S/C33H40F2N2O5Si/c1-7-40-36-30(32(38)39)27-18-24(31(29(35)28(27)34)37-19-22(2)42-23(3)20-37)21-41-43(33(4,5)6,25-14-10-8-11-15-25)26-16-12-9-13-17-26/h8-18,22-23H,7,19-21H2,1-6H3,(H,38,39)/t22-,23-/m1/s1. The topological polar surface area (TPSA) is 80.6 Å². The highest BCUT2D eigenvalue weighted by molar-refractivity contribution is 6.99. The molecule has 43 heavy (non-hydrogen) atoms. The van der Waals surface area contributed by atoms with Crippen molar-refractivity contribution >= 4 is 36.1 Å². The van der Waals surface area contributed by atoms with Gasteiger partial charge in [-0.2, -0.15) is 0 Å². The Bertz CT molecular complexity index is 1400. The van der Waals surface area contributed by atoms with Gasteiger partial charge in [0.2, 0.25) is 0 Å². The maximum absolute atomic E-state index is 16.2. The van der Waals surface area contributed by atoms with Crippen molar-refractivity contribution in [3.05, 3.63) is 89.5 Å². The van der Waals surface area contributed by atoms with Gasteiger partial charge in [0, 0.05) is 18.7 Å². The molecule has 0 spiro atoms. The largest absolute Gasteiger partial charge is 0.476 e. The first-order chi connectivity index (χ1) is 20.4. The van der Waals surface area contributed by atoms with E-state index >= 15 is 8.78 Å². The van der Waals surface area contributed by atoms with Crippen molar-refractivity contribution in [2.75, 3.05) is 24.6 Å². The zero-order chi connectivity index (χ0) is 31.4. The summed E-state index contributed by atoms with van der Waals surface area (Å²) in [4.78, 5) is 18.8. The fourth-order valence-electron chi connectivity index (χ4n) is 5.93. The van der Waals surface area contributed by atoms with Crippen LogP contribution in [0.3, 0.4) is 0 Å². The highest BCUT2D eigenvalue weighted by atomic mass is 28.4. The second-order valence-corrected chi connectivity index (χ2v) is 16.1. The Morgan fingerprint density at radius 2 is 1.53 bits per heavy atom. The number of carboxylic acids is 1. The molecule has 1 aliphatic rings. The zero-order valence-electron chi connectivity index (χ0n) is 25.6. The molecule has 1 heterocycles. The quantitative estimate of drug-likeness (QED) is 0.186. The van der Waals surface area contributed by atoms with E-state index in [9.17, 15) is 9.90 Å². The Labute approximate surface area is 253 Å². The second-order valence-electron chi connectivity index (χ2n) is 11.8. The van der Waals surface area contributed by atoms with Gasteiger partial charge in [-0.3, -0.25) is 0 Å². The number of morpholine rings is 1. The lowest BCUT2D eigenvalue weighted by molar-refractivity contribution is -0.129. The van der Waals surface area contributed by atoms with Crippen LogP contribution in [0.5, 0.6) is 0 Å². The van der Waals surface area contributed by atoms with Gasteiger partial charge < -0.3 is 24.0 Å². The molecule has 1 aliphatic heterocycles. The molecule has 0 amide bonds. The van der Waals surface area contributed by atoms with Crippen molar-refractivity contribution in [1.29, 1.82) is 0 Å². The monoisotopic (exact) mass is 610 g/mol. The van der Waals surface area contributed by atoms with Gasteiger partial charge in [0.05, 0.1) is 30.1 Å². The number of nitrogens with zero attached hydrogens (tertiary/aromatic N) is 2. The maximum atomic E-state index is 16.2. The minimum absolute atomic E-state index is 0.0299. The maximum Gasteiger partial charge on any atom is 0.358 e.